The smallest absolute Gasteiger partial charge is 0.276 e. The monoisotopic (exact) mass is 424 g/mol. The van der Waals surface area contributed by atoms with Crippen LogP contribution < -0.4 is 10.6 Å². The van der Waals surface area contributed by atoms with Crippen molar-refractivity contribution >= 4 is 17.5 Å². The second kappa shape index (κ2) is 8.29. The molecule has 2 N–H and O–H groups in total. The van der Waals surface area contributed by atoms with Gasteiger partial charge in [-0.1, -0.05) is 24.3 Å². The number of aryl methyl sites for hydroxylation is 3. The molecule has 1 atom stereocenters. The molecule has 0 saturated carbocycles. The van der Waals surface area contributed by atoms with Crippen LogP contribution in [0.25, 0.3) is 0 Å². The highest BCUT2D eigenvalue weighted by atomic mass is 19.1. The van der Waals surface area contributed by atoms with Gasteiger partial charge in [-0.15, -0.1) is 0 Å². The summed E-state index contributed by atoms with van der Waals surface area (Å²) in [6.45, 7) is 1.77. The standard InChI is InChI=1S/C23H22F2N4O2/c1-13-10-21(28-29(13)2)23(31)27-20-11-16(17(24)12-18(20)25)22(30)26-19-9-5-7-14-6-3-4-8-15(14)19/h3-4,6,8,10-12,19H,5,7,9H2,1-2H3,(H,26,30)(H,27,31)/t19-/m0/s1. The lowest BCUT2D eigenvalue weighted by molar-refractivity contribution is 0.0927. The number of hydrogen-bond acceptors (Lipinski definition) is 3. The third-order valence-corrected chi connectivity index (χ3v) is 5.57. The molecule has 0 bridgehead atoms. The third kappa shape index (κ3) is 4.19. The zero-order chi connectivity index (χ0) is 22.1. The number of anilines is 1. The van der Waals surface area contributed by atoms with E-state index >= 15 is 0 Å². The van der Waals surface area contributed by atoms with Crippen LogP contribution in [0.3, 0.4) is 0 Å². The Kier molecular flexibility index (Phi) is 5.54. The van der Waals surface area contributed by atoms with Gasteiger partial charge in [0.15, 0.2) is 5.69 Å². The van der Waals surface area contributed by atoms with Crippen molar-refractivity contribution in [2.75, 3.05) is 5.32 Å². The van der Waals surface area contributed by atoms with E-state index in [0.717, 1.165) is 42.1 Å². The molecular formula is C23H22F2N4O2. The zero-order valence-electron chi connectivity index (χ0n) is 17.2. The van der Waals surface area contributed by atoms with E-state index in [1.54, 1.807) is 20.0 Å². The molecule has 0 fully saturated rings. The number of amides is 2. The highest BCUT2D eigenvalue weighted by molar-refractivity contribution is 6.04. The molecule has 2 amide bonds. The van der Waals surface area contributed by atoms with Gasteiger partial charge in [0.25, 0.3) is 11.8 Å². The molecule has 1 aliphatic carbocycles. The van der Waals surface area contributed by atoms with Crippen LogP contribution in [0.15, 0.2) is 42.5 Å². The van der Waals surface area contributed by atoms with Gasteiger partial charge in [0, 0.05) is 18.8 Å². The van der Waals surface area contributed by atoms with Crippen molar-refractivity contribution in [3.8, 4) is 0 Å². The summed E-state index contributed by atoms with van der Waals surface area (Å²) in [4.78, 5) is 25.2. The maximum Gasteiger partial charge on any atom is 0.276 e. The minimum Gasteiger partial charge on any atom is -0.345 e. The van der Waals surface area contributed by atoms with Gasteiger partial charge < -0.3 is 10.6 Å². The van der Waals surface area contributed by atoms with Crippen molar-refractivity contribution < 1.29 is 18.4 Å². The van der Waals surface area contributed by atoms with E-state index in [1.807, 2.05) is 24.3 Å². The molecule has 1 aliphatic rings. The molecule has 6 nitrogen and oxygen atoms in total. The van der Waals surface area contributed by atoms with Gasteiger partial charge in [-0.2, -0.15) is 5.10 Å². The fourth-order valence-corrected chi connectivity index (χ4v) is 3.82. The fourth-order valence-electron chi connectivity index (χ4n) is 3.82. The lowest BCUT2D eigenvalue weighted by Gasteiger charge is -2.26. The predicted octanol–water partition coefficient (Wildman–Crippen LogP) is 4.07. The van der Waals surface area contributed by atoms with E-state index in [4.69, 9.17) is 0 Å². The van der Waals surface area contributed by atoms with E-state index in [1.165, 1.54) is 4.68 Å². The van der Waals surface area contributed by atoms with Crippen LogP contribution in [0.4, 0.5) is 14.5 Å². The number of hydrogen-bond donors (Lipinski definition) is 2. The average Bonchev–Trinajstić information content (AvgIpc) is 3.08. The predicted molar refractivity (Wildman–Crippen MR) is 112 cm³/mol. The van der Waals surface area contributed by atoms with Crippen molar-refractivity contribution in [1.29, 1.82) is 0 Å². The molecule has 31 heavy (non-hydrogen) atoms. The Balaban J connectivity index is 1.56. The summed E-state index contributed by atoms with van der Waals surface area (Å²) in [6, 6.07) is 10.7. The number of benzene rings is 2. The lowest BCUT2D eigenvalue weighted by atomic mass is 9.87. The largest absolute Gasteiger partial charge is 0.345 e. The van der Waals surface area contributed by atoms with E-state index in [0.29, 0.717) is 6.07 Å². The number of nitrogens with zero attached hydrogens (tertiary/aromatic N) is 2. The molecule has 0 unspecified atom stereocenters. The summed E-state index contributed by atoms with van der Waals surface area (Å²) in [5.41, 5.74) is 2.37. The molecule has 0 aliphatic heterocycles. The maximum absolute atomic E-state index is 14.4. The van der Waals surface area contributed by atoms with Gasteiger partial charge >= 0.3 is 0 Å². The van der Waals surface area contributed by atoms with Crippen LogP contribution in [0, 0.1) is 18.6 Å². The molecule has 1 aromatic heterocycles. The van der Waals surface area contributed by atoms with Gasteiger partial charge in [-0.3, -0.25) is 14.3 Å². The fraction of sp³-hybridized carbons (Fsp3) is 0.261. The molecule has 0 spiro atoms. The van der Waals surface area contributed by atoms with Crippen LogP contribution in [-0.2, 0) is 13.5 Å². The number of fused-ring (bicyclic) bond motifs is 1. The summed E-state index contributed by atoms with van der Waals surface area (Å²) in [5, 5.41) is 9.26. The average molecular weight is 424 g/mol. The number of halogens is 2. The first-order valence-electron chi connectivity index (χ1n) is 10.0. The Labute approximate surface area is 178 Å². The minimum absolute atomic E-state index is 0.0912. The maximum atomic E-state index is 14.4. The normalized spacial score (nSPS) is 15.3. The second-order valence-electron chi connectivity index (χ2n) is 7.68. The Morgan fingerprint density at radius 3 is 2.61 bits per heavy atom. The summed E-state index contributed by atoms with van der Waals surface area (Å²) < 4.78 is 30.2. The van der Waals surface area contributed by atoms with Crippen LogP contribution in [0.2, 0.25) is 0 Å². The quantitative estimate of drug-likeness (QED) is 0.663. The van der Waals surface area contributed by atoms with Crippen LogP contribution in [-0.4, -0.2) is 21.6 Å². The second-order valence-corrected chi connectivity index (χ2v) is 7.68. The van der Waals surface area contributed by atoms with Crippen LogP contribution in [0.5, 0.6) is 0 Å². The zero-order valence-corrected chi connectivity index (χ0v) is 17.2. The van der Waals surface area contributed by atoms with E-state index < -0.39 is 23.4 Å². The molecule has 2 aromatic carbocycles. The van der Waals surface area contributed by atoms with Crippen molar-refractivity contribution in [1.82, 2.24) is 15.1 Å². The number of carbonyl (C=O) groups excluding carboxylic acids is 2. The summed E-state index contributed by atoms with van der Waals surface area (Å²) in [5.74, 6) is -3.28. The van der Waals surface area contributed by atoms with E-state index in [-0.39, 0.29) is 23.0 Å². The van der Waals surface area contributed by atoms with Gasteiger partial charge in [-0.05, 0) is 49.4 Å². The Morgan fingerprint density at radius 2 is 1.87 bits per heavy atom. The number of carbonyl (C=O) groups is 2. The van der Waals surface area contributed by atoms with Gasteiger partial charge in [-0.25, -0.2) is 8.78 Å². The molecular weight excluding hydrogens is 402 g/mol. The van der Waals surface area contributed by atoms with Gasteiger partial charge in [0.05, 0.1) is 17.3 Å². The number of aromatic nitrogens is 2. The van der Waals surface area contributed by atoms with E-state index in [9.17, 15) is 18.4 Å². The number of rotatable bonds is 4. The van der Waals surface area contributed by atoms with Crippen molar-refractivity contribution in [2.45, 2.75) is 32.2 Å². The van der Waals surface area contributed by atoms with Crippen molar-refractivity contribution in [3.05, 3.63) is 82.2 Å². The summed E-state index contributed by atoms with van der Waals surface area (Å²) in [6.07, 6.45) is 2.56. The van der Waals surface area contributed by atoms with Gasteiger partial charge in [0.1, 0.15) is 11.6 Å². The van der Waals surface area contributed by atoms with Crippen molar-refractivity contribution in [2.24, 2.45) is 7.05 Å². The molecule has 160 valence electrons. The molecule has 0 saturated heterocycles. The first kappa shape index (κ1) is 20.7. The Morgan fingerprint density at radius 1 is 1.10 bits per heavy atom. The number of nitrogens with one attached hydrogen (secondary N) is 2. The van der Waals surface area contributed by atoms with Gasteiger partial charge in [0.2, 0.25) is 0 Å². The topological polar surface area (TPSA) is 76.0 Å². The first-order chi connectivity index (χ1) is 14.8. The van der Waals surface area contributed by atoms with E-state index in [2.05, 4.69) is 15.7 Å². The molecule has 1 heterocycles. The first-order valence-corrected chi connectivity index (χ1v) is 10.0. The highest BCUT2D eigenvalue weighted by Crippen LogP contribution is 2.30. The molecule has 0 radical (unpaired) electrons. The molecule has 8 heteroatoms. The highest BCUT2D eigenvalue weighted by Gasteiger charge is 2.24. The lowest BCUT2D eigenvalue weighted by Crippen LogP contribution is -2.31. The Hall–Kier alpha value is -3.55. The molecule has 3 aromatic rings. The Bertz CT molecular complexity index is 1150. The minimum atomic E-state index is -0.995. The van der Waals surface area contributed by atoms with Crippen LogP contribution in [0.1, 0.15) is 56.6 Å². The summed E-state index contributed by atoms with van der Waals surface area (Å²) in [7, 11) is 1.68. The summed E-state index contributed by atoms with van der Waals surface area (Å²) >= 11 is 0. The SMILES string of the molecule is Cc1cc(C(=O)Nc2cc(C(=O)N[C@H]3CCCc4ccccc43)c(F)cc2F)nn1C. The third-order valence-electron chi connectivity index (χ3n) is 5.57. The van der Waals surface area contributed by atoms with Crippen LogP contribution >= 0.6 is 0 Å². The molecule has 4 rings (SSSR count). The van der Waals surface area contributed by atoms with Crippen molar-refractivity contribution in [3.63, 3.8) is 0 Å².